The van der Waals surface area contributed by atoms with Crippen molar-refractivity contribution >= 4 is 21.4 Å². The van der Waals surface area contributed by atoms with Gasteiger partial charge in [-0.15, -0.1) is 0 Å². The fourth-order valence-corrected chi connectivity index (χ4v) is 1.73. The molecule has 1 aromatic heterocycles. The summed E-state index contributed by atoms with van der Waals surface area (Å²) in [4.78, 5) is 12.0. The lowest BCUT2D eigenvalue weighted by Gasteiger charge is -2.22. The molecule has 0 saturated heterocycles. The highest BCUT2D eigenvalue weighted by Gasteiger charge is 2.31. The van der Waals surface area contributed by atoms with E-state index in [1.54, 1.807) is 13.8 Å². The molecular weight excluding hydrogens is 268 g/mol. The van der Waals surface area contributed by atoms with Crippen LogP contribution in [0.1, 0.15) is 31.3 Å². The third kappa shape index (κ3) is 3.25. The maximum absolute atomic E-state index is 12.0. The molecule has 8 heteroatoms. The molecule has 108 valence electrons. The quantitative estimate of drug-likeness (QED) is 0.795. The van der Waals surface area contributed by atoms with Gasteiger partial charge in [0.15, 0.2) is 9.84 Å². The Bertz CT molecular complexity index is 575. The van der Waals surface area contributed by atoms with Crippen molar-refractivity contribution in [3.8, 4) is 0 Å². The molecule has 0 unspecified atom stereocenters. The molecular formula is C11H20N4O3S. The summed E-state index contributed by atoms with van der Waals surface area (Å²) >= 11 is 0. The van der Waals surface area contributed by atoms with Crippen LogP contribution in [0, 0.1) is 0 Å². The number of hydrogen-bond acceptors (Lipinski definition) is 5. The van der Waals surface area contributed by atoms with Gasteiger partial charge in [0.25, 0.3) is 5.91 Å². The van der Waals surface area contributed by atoms with Crippen LogP contribution in [0.5, 0.6) is 0 Å². The number of aryl methyl sites for hydroxylation is 1. The Kier molecular flexibility index (Phi) is 4.24. The number of nitrogens with zero attached hydrogens (tertiary/aromatic N) is 2. The van der Waals surface area contributed by atoms with Crippen LogP contribution in [0.15, 0.2) is 6.20 Å². The van der Waals surface area contributed by atoms with E-state index in [9.17, 15) is 13.2 Å². The number of anilines is 1. The minimum absolute atomic E-state index is 0.0129. The second kappa shape index (κ2) is 5.20. The molecule has 0 aliphatic rings. The summed E-state index contributed by atoms with van der Waals surface area (Å²) in [6.07, 6.45) is 2.55. The first-order valence-electron chi connectivity index (χ1n) is 5.89. The monoisotopic (exact) mass is 288 g/mol. The Morgan fingerprint density at radius 2 is 2.11 bits per heavy atom. The molecule has 0 aliphatic carbocycles. The topological polar surface area (TPSA) is 107 Å². The van der Waals surface area contributed by atoms with Gasteiger partial charge in [0.1, 0.15) is 5.69 Å². The normalized spacial score (nSPS) is 12.4. The van der Waals surface area contributed by atoms with E-state index in [0.717, 1.165) is 6.26 Å². The first kappa shape index (κ1) is 15.5. The van der Waals surface area contributed by atoms with Crippen molar-refractivity contribution in [3.63, 3.8) is 0 Å². The average molecular weight is 288 g/mol. The Morgan fingerprint density at radius 3 is 2.58 bits per heavy atom. The van der Waals surface area contributed by atoms with Gasteiger partial charge in [-0.1, -0.05) is 0 Å². The number of amides is 1. The van der Waals surface area contributed by atoms with E-state index in [4.69, 9.17) is 5.73 Å². The molecule has 0 saturated carbocycles. The molecule has 0 aliphatic heterocycles. The van der Waals surface area contributed by atoms with Gasteiger partial charge in [0.05, 0.1) is 16.6 Å². The maximum atomic E-state index is 12.0. The van der Waals surface area contributed by atoms with Crippen LogP contribution < -0.4 is 11.1 Å². The van der Waals surface area contributed by atoms with Gasteiger partial charge in [-0.3, -0.25) is 9.48 Å². The largest absolute Gasteiger partial charge is 0.396 e. The molecule has 1 amide bonds. The van der Waals surface area contributed by atoms with Gasteiger partial charge in [-0.25, -0.2) is 8.42 Å². The van der Waals surface area contributed by atoms with Crippen LogP contribution in [0.25, 0.3) is 0 Å². The van der Waals surface area contributed by atoms with Gasteiger partial charge in [0, 0.05) is 19.3 Å². The number of nitrogen functional groups attached to an aromatic ring is 1. The molecule has 0 fully saturated rings. The molecule has 1 heterocycles. The van der Waals surface area contributed by atoms with Crippen LogP contribution in [-0.4, -0.2) is 41.7 Å². The lowest BCUT2D eigenvalue weighted by atomic mass is 10.2. The van der Waals surface area contributed by atoms with Crippen LogP contribution in [-0.2, 0) is 16.4 Å². The molecule has 3 N–H and O–H groups in total. The first-order valence-corrected chi connectivity index (χ1v) is 7.78. The number of nitrogens with one attached hydrogen (secondary N) is 1. The number of carbonyl (C=O) groups is 1. The summed E-state index contributed by atoms with van der Waals surface area (Å²) in [7, 11) is -3.26. The first-order chi connectivity index (χ1) is 8.60. The molecule has 0 bridgehead atoms. The SMILES string of the molecule is CCn1ncc(N)c1C(=O)NCC(C)(C)S(C)(=O)=O. The van der Waals surface area contributed by atoms with Crippen molar-refractivity contribution in [2.75, 3.05) is 18.5 Å². The van der Waals surface area contributed by atoms with Crippen molar-refractivity contribution in [1.82, 2.24) is 15.1 Å². The van der Waals surface area contributed by atoms with E-state index in [1.165, 1.54) is 10.9 Å². The second-order valence-electron chi connectivity index (χ2n) is 4.98. The van der Waals surface area contributed by atoms with E-state index in [2.05, 4.69) is 10.4 Å². The van der Waals surface area contributed by atoms with Crippen LogP contribution in [0.4, 0.5) is 5.69 Å². The van der Waals surface area contributed by atoms with Gasteiger partial charge < -0.3 is 11.1 Å². The van der Waals surface area contributed by atoms with Crippen LogP contribution >= 0.6 is 0 Å². The fraction of sp³-hybridized carbons (Fsp3) is 0.636. The highest BCUT2D eigenvalue weighted by molar-refractivity contribution is 7.92. The van der Waals surface area contributed by atoms with E-state index < -0.39 is 20.5 Å². The van der Waals surface area contributed by atoms with Crippen molar-refractivity contribution in [3.05, 3.63) is 11.9 Å². The molecule has 19 heavy (non-hydrogen) atoms. The number of hydrogen-bond donors (Lipinski definition) is 2. The van der Waals surface area contributed by atoms with Gasteiger partial charge in [-0.2, -0.15) is 5.10 Å². The molecule has 1 aromatic rings. The van der Waals surface area contributed by atoms with Gasteiger partial charge in [-0.05, 0) is 20.8 Å². The molecule has 1 rings (SSSR count). The van der Waals surface area contributed by atoms with E-state index in [0.29, 0.717) is 6.54 Å². The lowest BCUT2D eigenvalue weighted by molar-refractivity contribution is 0.0941. The minimum atomic E-state index is -3.26. The number of sulfone groups is 1. The highest BCUT2D eigenvalue weighted by Crippen LogP contribution is 2.15. The van der Waals surface area contributed by atoms with Crippen LogP contribution in [0.3, 0.4) is 0 Å². The van der Waals surface area contributed by atoms with Crippen molar-refractivity contribution in [1.29, 1.82) is 0 Å². The Labute approximate surface area is 113 Å². The number of nitrogens with two attached hydrogens (primary N) is 1. The molecule has 0 aromatic carbocycles. The Hall–Kier alpha value is -1.57. The van der Waals surface area contributed by atoms with E-state index in [-0.39, 0.29) is 17.9 Å². The molecule has 0 spiro atoms. The number of carbonyl (C=O) groups excluding carboxylic acids is 1. The highest BCUT2D eigenvalue weighted by atomic mass is 32.2. The zero-order chi connectivity index (χ0) is 14.8. The lowest BCUT2D eigenvalue weighted by Crippen LogP contribution is -2.44. The van der Waals surface area contributed by atoms with Crippen molar-refractivity contribution in [2.24, 2.45) is 0 Å². The fourth-order valence-electron chi connectivity index (χ4n) is 1.40. The number of rotatable bonds is 5. The minimum Gasteiger partial charge on any atom is -0.396 e. The maximum Gasteiger partial charge on any atom is 0.271 e. The average Bonchev–Trinajstić information content (AvgIpc) is 2.66. The Balaban J connectivity index is 2.85. The zero-order valence-electron chi connectivity index (χ0n) is 11.6. The predicted molar refractivity (Wildman–Crippen MR) is 73.6 cm³/mol. The predicted octanol–water partition coefficient (Wildman–Crippen LogP) is 0.0382. The van der Waals surface area contributed by atoms with Crippen molar-refractivity contribution < 1.29 is 13.2 Å². The van der Waals surface area contributed by atoms with E-state index >= 15 is 0 Å². The number of aromatic nitrogens is 2. The third-order valence-corrected chi connectivity index (χ3v) is 5.21. The zero-order valence-corrected chi connectivity index (χ0v) is 12.4. The van der Waals surface area contributed by atoms with Crippen molar-refractivity contribution in [2.45, 2.75) is 32.1 Å². The summed E-state index contributed by atoms with van der Waals surface area (Å²) < 4.78 is 23.5. The molecule has 0 atom stereocenters. The van der Waals surface area contributed by atoms with Crippen LogP contribution in [0.2, 0.25) is 0 Å². The molecule has 0 radical (unpaired) electrons. The summed E-state index contributed by atoms with van der Waals surface area (Å²) in [5.74, 6) is -0.423. The smallest absolute Gasteiger partial charge is 0.271 e. The third-order valence-electron chi connectivity index (χ3n) is 3.06. The summed E-state index contributed by atoms with van der Waals surface area (Å²) in [5, 5.41) is 6.55. The summed E-state index contributed by atoms with van der Waals surface area (Å²) in [6, 6.07) is 0. The molecule has 7 nitrogen and oxygen atoms in total. The summed E-state index contributed by atoms with van der Waals surface area (Å²) in [5.41, 5.74) is 6.21. The van der Waals surface area contributed by atoms with E-state index in [1.807, 2.05) is 6.92 Å². The standard InChI is InChI=1S/C11H20N4O3S/c1-5-15-9(8(12)6-14-15)10(16)13-7-11(2,3)19(4,17)18/h6H,5,7,12H2,1-4H3,(H,13,16). The summed E-state index contributed by atoms with van der Waals surface area (Å²) in [6.45, 7) is 5.48. The van der Waals surface area contributed by atoms with Gasteiger partial charge >= 0.3 is 0 Å². The Morgan fingerprint density at radius 1 is 1.53 bits per heavy atom. The van der Waals surface area contributed by atoms with Gasteiger partial charge in [0.2, 0.25) is 0 Å². The second-order valence-corrected chi connectivity index (χ2v) is 7.63.